The largest absolute Gasteiger partial charge is 0.353 e. The van der Waals surface area contributed by atoms with Gasteiger partial charge in [0.2, 0.25) is 11.8 Å². The van der Waals surface area contributed by atoms with Crippen LogP contribution in [0.25, 0.3) is 0 Å². The van der Waals surface area contributed by atoms with Crippen LogP contribution in [0.5, 0.6) is 0 Å². The monoisotopic (exact) mass is 278 g/mol. The smallest absolute Gasteiger partial charge is 0.223 e. The van der Waals surface area contributed by atoms with Crippen LogP contribution in [0.1, 0.15) is 52.4 Å². The second kappa shape index (κ2) is 5.38. The zero-order chi connectivity index (χ0) is 14.3. The molecule has 112 valence electrons. The predicted octanol–water partition coefficient (Wildman–Crippen LogP) is 1.84. The van der Waals surface area contributed by atoms with Crippen LogP contribution in [0.4, 0.5) is 0 Å². The SMILES string of the molecule is C[C@@H]1C[C@@H]1NC(=O)[C@@H]1CCC[C@H](C(=O)N[C@@H]2C[C@H]2C)C1. The molecule has 3 saturated carbocycles. The summed E-state index contributed by atoms with van der Waals surface area (Å²) in [5, 5.41) is 6.24. The van der Waals surface area contributed by atoms with E-state index >= 15 is 0 Å². The second-order valence-electron chi connectivity index (χ2n) is 7.22. The van der Waals surface area contributed by atoms with Crippen molar-refractivity contribution < 1.29 is 9.59 Å². The zero-order valence-electron chi connectivity index (χ0n) is 12.5. The van der Waals surface area contributed by atoms with E-state index in [-0.39, 0.29) is 23.7 Å². The van der Waals surface area contributed by atoms with Gasteiger partial charge < -0.3 is 10.6 Å². The molecule has 0 bridgehead atoms. The average Bonchev–Trinajstić information content (AvgIpc) is 3.31. The van der Waals surface area contributed by atoms with Gasteiger partial charge in [-0.2, -0.15) is 0 Å². The van der Waals surface area contributed by atoms with Crippen molar-refractivity contribution in [2.24, 2.45) is 23.7 Å². The summed E-state index contributed by atoms with van der Waals surface area (Å²) >= 11 is 0. The lowest BCUT2D eigenvalue weighted by atomic mass is 9.80. The Hall–Kier alpha value is -1.06. The van der Waals surface area contributed by atoms with E-state index in [0.717, 1.165) is 38.5 Å². The molecule has 3 rings (SSSR count). The number of rotatable bonds is 4. The Balaban J connectivity index is 1.47. The molecule has 4 nitrogen and oxygen atoms in total. The quantitative estimate of drug-likeness (QED) is 0.824. The van der Waals surface area contributed by atoms with E-state index in [1.165, 1.54) is 0 Å². The Kier molecular flexibility index (Phi) is 3.74. The molecule has 0 unspecified atom stereocenters. The minimum absolute atomic E-state index is 0.0453. The first-order valence-corrected chi connectivity index (χ1v) is 8.15. The first-order valence-electron chi connectivity index (χ1n) is 8.15. The van der Waals surface area contributed by atoms with E-state index < -0.39 is 0 Å². The summed E-state index contributed by atoms with van der Waals surface area (Å²) in [5.41, 5.74) is 0. The highest BCUT2D eigenvalue weighted by Gasteiger charge is 2.39. The summed E-state index contributed by atoms with van der Waals surface area (Å²) in [7, 11) is 0. The molecular weight excluding hydrogens is 252 g/mol. The van der Waals surface area contributed by atoms with Gasteiger partial charge in [0, 0.05) is 23.9 Å². The Morgan fingerprint density at radius 3 is 1.55 bits per heavy atom. The molecule has 2 amide bonds. The first kappa shape index (κ1) is 13.9. The molecule has 0 radical (unpaired) electrons. The van der Waals surface area contributed by atoms with Gasteiger partial charge in [-0.15, -0.1) is 0 Å². The average molecular weight is 278 g/mol. The molecule has 0 aromatic heterocycles. The molecule has 3 aliphatic carbocycles. The van der Waals surface area contributed by atoms with E-state index in [0.29, 0.717) is 23.9 Å². The summed E-state index contributed by atoms with van der Waals surface area (Å²) in [6, 6.07) is 0.785. The lowest BCUT2D eigenvalue weighted by Crippen LogP contribution is -2.40. The molecule has 0 spiro atoms. The van der Waals surface area contributed by atoms with Gasteiger partial charge in [0.05, 0.1) is 0 Å². The van der Waals surface area contributed by atoms with Crippen molar-refractivity contribution >= 4 is 11.8 Å². The fraction of sp³-hybridized carbons (Fsp3) is 0.875. The third-order valence-electron chi connectivity index (χ3n) is 5.29. The molecule has 4 heteroatoms. The van der Waals surface area contributed by atoms with E-state index in [9.17, 15) is 9.59 Å². The molecule has 0 aromatic rings. The molecule has 6 atom stereocenters. The van der Waals surface area contributed by atoms with Crippen LogP contribution in [0, 0.1) is 23.7 Å². The van der Waals surface area contributed by atoms with E-state index in [1.54, 1.807) is 0 Å². The summed E-state index contributed by atoms with van der Waals surface area (Å²) in [6.45, 7) is 4.33. The molecule has 0 aromatic carbocycles. The number of nitrogens with one attached hydrogen (secondary N) is 2. The van der Waals surface area contributed by atoms with Crippen LogP contribution in [-0.2, 0) is 9.59 Å². The van der Waals surface area contributed by atoms with Crippen LogP contribution < -0.4 is 10.6 Å². The third-order valence-corrected chi connectivity index (χ3v) is 5.29. The van der Waals surface area contributed by atoms with Gasteiger partial charge in [0.1, 0.15) is 0 Å². The Labute approximate surface area is 121 Å². The van der Waals surface area contributed by atoms with E-state index in [1.807, 2.05) is 0 Å². The predicted molar refractivity (Wildman–Crippen MR) is 76.9 cm³/mol. The lowest BCUT2D eigenvalue weighted by Gasteiger charge is -2.27. The van der Waals surface area contributed by atoms with Gasteiger partial charge in [-0.3, -0.25) is 9.59 Å². The zero-order valence-corrected chi connectivity index (χ0v) is 12.5. The van der Waals surface area contributed by atoms with E-state index in [2.05, 4.69) is 24.5 Å². The number of carbonyl (C=O) groups excluding carboxylic acids is 2. The van der Waals surface area contributed by atoms with Gasteiger partial charge in [0.25, 0.3) is 0 Å². The molecule has 20 heavy (non-hydrogen) atoms. The molecule has 0 aliphatic heterocycles. The summed E-state index contributed by atoms with van der Waals surface area (Å²) in [5.74, 6) is 1.72. The second-order valence-corrected chi connectivity index (χ2v) is 7.22. The van der Waals surface area contributed by atoms with Crippen LogP contribution >= 0.6 is 0 Å². The van der Waals surface area contributed by atoms with Crippen molar-refractivity contribution in [2.75, 3.05) is 0 Å². The van der Waals surface area contributed by atoms with Crippen molar-refractivity contribution in [2.45, 2.75) is 64.5 Å². The number of amides is 2. The molecule has 2 N–H and O–H groups in total. The molecule has 0 heterocycles. The summed E-state index contributed by atoms with van der Waals surface area (Å²) in [6.07, 6.45) is 5.84. The molecular formula is C16H26N2O2. The highest BCUT2D eigenvalue weighted by molar-refractivity contribution is 5.83. The van der Waals surface area contributed by atoms with Crippen molar-refractivity contribution in [1.29, 1.82) is 0 Å². The summed E-state index contributed by atoms with van der Waals surface area (Å²) in [4.78, 5) is 24.4. The molecule has 3 fully saturated rings. The minimum Gasteiger partial charge on any atom is -0.353 e. The summed E-state index contributed by atoms with van der Waals surface area (Å²) < 4.78 is 0. The maximum atomic E-state index is 12.2. The lowest BCUT2D eigenvalue weighted by molar-refractivity contribution is -0.130. The Morgan fingerprint density at radius 1 is 0.800 bits per heavy atom. The van der Waals surface area contributed by atoms with Gasteiger partial charge >= 0.3 is 0 Å². The normalized spacial score (nSPS) is 42.7. The number of hydrogen-bond donors (Lipinski definition) is 2. The Morgan fingerprint density at radius 2 is 1.20 bits per heavy atom. The van der Waals surface area contributed by atoms with Crippen LogP contribution in [0.3, 0.4) is 0 Å². The van der Waals surface area contributed by atoms with Gasteiger partial charge in [-0.05, 0) is 43.9 Å². The molecule has 3 aliphatic rings. The van der Waals surface area contributed by atoms with Gasteiger partial charge in [-0.25, -0.2) is 0 Å². The van der Waals surface area contributed by atoms with Crippen molar-refractivity contribution in [3.05, 3.63) is 0 Å². The van der Waals surface area contributed by atoms with Crippen LogP contribution in [-0.4, -0.2) is 23.9 Å². The highest BCUT2D eigenvalue weighted by Crippen LogP contribution is 2.34. The van der Waals surface area contributed by atoms with Crippen LogP contribution in [0.2, 0.25) is 0 Å². The highest BCUT2D eigenvalue weighted by atomic mass is 16.2. The fourth-order valence-electron chi connectivity index (χ4n) is 3.31. The van der Waals surface area contributed by atoms with E-state index in [4.69, 9.17) is 0 Å². The topological polar surface area (TPSA) is 58.2 Å². The Bertz CT molecular complexity index is 373. The van der Waals surface area contributed by atoms with Gasteiger partial charge in [-0.1, -0.05) is 20.3 Å². The minimum atomic E-state index is 0.0453. The molecule has 0 saturated heterocycles. The fourth-order valence-corrected chi connectivity index (χ4v) is 3.31. The maximum Gasteiger partial charge on any atom is 0.223 e. The standard InChI is InChI=1S/C16H26N2O2/c1-9-6-13(9)17-15(19)11-4-3-5-12(8-11)16(20)18-14-7-10(14)2/h9-14H,3-8H2,1-2H3,(H,17,19)(H,18,20)/t9-,10-,11-,12+,13+,14-/m1/s1. The maximum absolute atomic E-state index is 12.2. The van der Waals surface area contributed by atoms with Crippen molar-refractivity contribution in [1.82, 2.24) is 10.6 Å². The van der Waals surface area contributed by atoms with Crippen molar-refractivity contribution in [3.63, 3.8) is 0 Å². The first-order chi connectivity index (χ1) is 9.54. The number of carbonyl (C=O) groups is 2. The van der Waals surface area contributed by atoms with Crippen molar-refractivity contribution in [3.8, 4) is 0 Å². The van der Waals surface area contributed by atoms with Gasteiger partial charge in [0.15, 0.2) is 0 Å². The number of hydrogen-bond acceptors (Lipinski definition) is 2. The van der Waals surface area contributed by atoms with Crippen LogP contribution in [0.15, 0.2) is 0 Å². The third kappa shape index (κ3) is 3.15.